The highest BCUT2D eigenvalue weighted by Crippen LogP contribution is 2.28. The van der Waals surface area contributed by atoms with Gasteiger partial charge in [0.25, 0.3) is 15.9 Å². The minimum atomic E-state index is -3.96. The number of Topliss-reactive ketones (excluding diaryl/α,β-unsaturated/α-hetero) is 1. The second-order valence-electron chi connectivity index (χ2n) is 8.00. The number of fused-ring (bicyclic) bond motifs is 1. The van der Waals surface area contributed by atoms with E-state index in [2.05, 4.69) is 10.0 Å². The van der Waals surface area contributed by atoms with Gasteiger partial charge in [-0.15, -0.1) is 0 Å². The third kappa shape index (κ3) is 5.49. The highest BCUT2D eigenvalue weighted by atomic mass is 32.2. The van der Waals surface area contributed by atoms with Gasteiger partial charge in [0, 0.05) is 5.56 Å². The van der Waals surface area contributed by atoms with Crippen LogP contribution >= 0.6 is 0 Å². The van der Waals surface area contributed by atoms with Gasteiger partial charge in [0.05, 0.1) is 21.8 Å². The molecule has 3 aromatic rings. The quantitative estimate of drug-likeness (QED) is 0.380. The van der Waals surface area contributed by atoms with Crippen molar-refractivity contribution >= 4 is 39.1 Å². The maximum absolute atomic E-state index is 12.8. The van der Waals surface area contributed by atoms with Crippen molar-refractivity contribution in [3.63, 3.8) is 0 Å². The predicted molar refractivity (Wildman–Crippen MR) is 128 cm³/mol. The van der Waals surface area contributed by atoms with Gasteiger partial charge in [-0.1, -0.05) is 23.8 Å². The van der Waals surface area contributed by atoms with Crippen LogP contribution in [-0.4, -0.2) is 39.3 Å². The third-order valence-electron chi connectivity index (χ3n) is 5.28. The fourth-order valence-electron chi connectivity index (χ4n) is 3.48. The van der Waals surface area contributed by atoms with Gasteiger partial charge in [-0.25, -0.2) is 13.2 Å². The van der Waals surface area contributed by atoms with E-state index in [-0.39, 0.29) is 28.5 Å². The molecule has 35 heavy (non-hydrogen) atoms. The number of esters is 1. The summed E-state index contributed by atoms with van der Waals surface area (Å²) < 4.78 is 38.6. The van der Waals surface area contributed by atoms with E-state index < -0.39 is 28.4 Å². The van der Waals surface area contributed by atoms with Gasteiger partial charge in [0.15, 0.2) is 19.0 Å². The summed E-state index contributed by atoms with van der Waals surface area (Å²) in [4.78, 5) is 36.4. The Morgan fingerprint density at radius 2 is 1.83 bits per heavy atom. The number of rotatable bonds is 7. The summed E-state index contributed by atoms with van der Waals surface area (Å²) in [6.45, 7) is 3.03. The average molecular weight is 495 g/mol. The molecule has 0 aliphatic carbocycles. The molecule has 9 nitrogen and oxygen atoms in total. The standard InChI is InChI=1S/C25H22N2O7S/c1-15-6-8-20(16(2)10-15)27-35(31,32)19-5-3-4-18(11-19)25(30)34-13-22(28)17-7-9-23-21(12-17)26-24(29)14-33-23/h3-12,27H,13-14H2,1-2H3,(H,26,29). The van der Waals surface area contributed by atoms with Crippen LogP contribution in [0.4, 0.5) is 11.4 Å². The van der Waals surface area contributed by atoms with Crippen molar-refractivity contribution in [3.8, 4) is 5.75 Å². The first-order valence-electron chi connectivity index (χ1n) is 10.6. The summed E-state index contributed by atoms with van der Waals surface area (Å²) in [7, 11) is -3.96. The van der Waals surface area contributed by atoms with Crippen molar-refractivity contribution < 1.29 is 32.3 Å². The number of anilines is 2. The third-order valence-corrected chi connectivity index (χ3v) is 6.64. The molecule has 0 radical (unpaired) electrons. The lowest BCUT2D eigenvalue weighted by atomic mass is 10.1. The number of hydrogen-bond donors (Lipinski definition) is 2. The fraction of sp³-hybridized carbons (Fsp3) is 0.160. The molecule has 0 spiro atoms. The largest absolute Gasteiger partial charge is 0.482 e. The van der Waals surface area contributed by atoms with Crippen LogP contribution in [-0.2, 0) is 19.6 Å². The number of aryl methyl sites for hydroxylation is 2. The van der Waals surface area contributed by atoms with Gasteiger partial charge < -0.3 is 14.8 Å². The fourth-order valence-corrected chi connectivity index (χ4v) is 4.65. The normalized spacial score (nSPS) is 12.7. The molecule has 0 fully saturated rings. The number of ketones is 1. The highest BCUT2D eigenvalue weighted by molar-refractivity contribution is 7.92. The molecule has 0 aromatic heterocycles. The van der Waals surface area contributed by atoms with Crippen molar-refractivity contribution in [2.45, 2.75) is 18.7 Å². The molecular formula is C25H22N2O7S. The lowest BCUT2D eigenvalue weighted by Crippen LogP contribution is -2.25. The predicted octanol–water partition coefficient (Wildman–Crippen LogP) is 3.47. The zero-order valence-electron chi connectivity index (χ0n) is 19.0. The molecule has 0 atom stereocenters. The number of sulfonamides is 1. The molecule has 1 aliphatic heterocycles. The van der Waals surface area contributed by atoms with Crippen molar-refractivity contribution in [1.29, 1.82) is 0 Å². The molecule has 4 rings (SSSR count). The van der Waals surface area contributed by atoms with Crippen LogP contribution in [0.1, 0.15) is 31.8 Å². The number of hydrogen-bond acceptors (Lipinski definition) is 7. The van der Waals surface area contributed by atoms with Gasteiger partial charge in [-0.05, 0) is 61.9 Å². The van der Waals surface area contributed by atoms with Crippen molar-refractivity contribution in [3.05, 3.63) is 82.9 Å². The first-order chi connectivity index (χ1) is 16.6. The first-order valence-corrected chi connectivity index (χ1v) is 12.1. The molecule has 10 heteroatoms. The van der Waals surface area contributed by atoms with Crippen molar-refractivity contribution in [2.24, 2.45) is 0 Å². The van der Waals surface area contributed by atoms with Crippen LogP contribution in [0.3, 0.4) is 0 Å². The summed E-state index contributed by atoms with van der Waals surface area (Å²) >= 11 is 0. The molecule has 180 valence electrons. The van der Waals surface area contributed by atoms with Crippen molar-refractivity contribution in [2.75, 3.05) is 23.3 Å². The molecular weight excluding hydrogens is 472 g/mol. The minimum absolute atomic E-state index is 0.0209. The van der Waals surface area contributed by atoms with Gasteiger partial charge in [0.1, 0.15) is 5.75 Å². The Morgan fingerprint density at radius 3 is 2.60 bits per heavy atom. The Morgan fingerprint density at radius 1 is 1.03 bits per heavy atom. The van der Waals surface area contributed by atoms with Crippen molar-refractivity contribution in [1.82, 2.24) is 0 Å². The Labute approximate surface area is 202 Å². The summed E-state index contributed by atoms with van der Waals surface area (Å²) in [5, 5.41) is 2.60. The van der Waals surface area contributed by atoms with Gasteiger partial charge in [-0.3, -0.25) is 14.3 Å². The SMILES string of the molecule is Cc1ccc(NS(=O)(=O)c2cccc(C(=O)OCC(=O)c3ccc4c(c3)NC(=O)CO4)c2)c(C)c1. The Balaban J connectivity index is 1.44. The van der Waals surface area contributed by atoms with E-state index in [9.17, 15) is 22.8 Å². The molecule has 1 heterocycles. The molecule has 0 unspecified atom stereocenters. The molecule has 1 amide bonds. The molecule has 0 saturated heterocycles. The molecule has 0 bridgehead atoms. The van der Waals surface area contributed by atoms with Gasteiger partial charge in [0.2, 0.25) is 0 Å². The molecule has 0 saturated carbocycles. The van der Waals surface area contributed by atoms with Crippen LogP contribution in [0, 0.1) is 13.8 Å². The van der Waals surface area contributed by atoms with Crippen LogP contribution < -0.4 is 14.8 Å². The first kappa shape index (κ1) is 24.0. The van der Waals surface area contributed by atoms with E-state index >= 15 is 0 Å². The average Bonchev–Trinajstić information content (AvgIpc) is 2.83. The molecule has 1 aliphatic rings. The van der Waals surface area contributed by atoms with Gasteiger partial charge >= 0.3 is 5.97 Å². The number of ether oxygens (including phenoxy) is 2. The maximum Gasteiger partial charge on any atom is 0.338 e. The smallest absolute Gasteiger partial charge is 0.338 e. The minimum Gasteiger partial charge on any atom is -0.482 e. The Kier molecular flexibility index (Phi) is 6.57. The summed E-state index contributed by atoms with van der Waals surface area (Å²) in [6, 6.07) is 15.2. The number of nitrogens with one attached hydrogen (secondary N) is 2. The van der Waals surface area contributed by atoms with E-state index in [1.165, 1.54) is 36.4 Å². The lowest BCUT2D eigenvalue weighted by Gasteiger charge is -2.18. The molecule has 2 N–H and O–H groups in total. The lowest BCUT2D eigenvalue weighted by molar-refractivity contribution is -0.118. The van der Waals surface area contributed by atoms with E-state index in [1.807, 2.05) is 13.0 Å². The summed E-state index contributed by atoms with van der Waals surface area (Å²) in [5.74, 6) is -1.25. The van der Waals surface area contributed by atoms with E-state index in [0.717, 1.165) is 11.1 Å². The molecule has 3 aromatic carbocycles. The number of carbonyl (C=O) groups excluding carboxylic acids is 3. The van der Waals surface area contributed by atoms with Crippen LogP contribution in [0.5, 0.6) is 5.75 Å². The number of carbonyl (C=O) groups is 3. The Hall–Kier alpha value is -4.18. The number of amides is 1. The van der Waals surface area contributed by atoms with E-state index in [1.54, 1.807) is 25.1 Å². The summed E-state index contributed by atoms with van der Waals surface area (Å²) in [6.07, 6.45) is 0. The van der Waals surface area contributed by atoms with Crippen LogP contribution in [0.15, 0.2) is 65.6 Å². The topological polar surface area (TPSA) is 128 Å². The van der Waals surface area contributed by atoms with E-state index in [4.69, 9.17) is 9.47 Å². The second-order valence-corrected chi connectivity index (χ2v) is 9.68. The Bertz CT molecular complexity index is 1450. The van der Waals surface area contributed by atoms with Crippen LogP contribution in [0.2, 0.25) is 0 Å². The van der Waals surface area contributed by atoms with E-state index in [0.29, 0.717) is 17.1 Å². The summed E-state index contributed by atoms with van der Waals surface area (Å²) in [5.41, 5.74) is 2.74. The zero-order valence-corrected chi connectivity index (χ0v) is 19.8. The zero-order chi connectivity index (χ0) is 25.2. The number of benzene rings is 3. The second kappa shape index (κ2) is 9.59. The maximum atomic E-state index is 12.8. The van der Waals surface area contributed by atoms with Crippen LogP contribution in [0.25, 0.3) is 0 Å². The monoisotopic (exact) mass is 494 g/mol. The highest BCUT2D eigenvalue weighted by Gasteiger charge is 2.21. The van der Waals surface area contributed by atoms with Gasteiger partial charge in [-0.2, -0.15) is 0 Å².